The summed E-state index contributed by atoms with van der Waals surface area (Å²) < 4.78 is 60.1. The standard InChI is InChI=1S/C17H29F2N5O4S2/c1-17(5-6-17)22-30(26,27)10-3-4-11-12(9-10)24(16(25)23(11)7-8-28-2)15-21-20-14(29-15)13(18)19/h10-15,20-22H,3-9H2,1-2H3. The second-order valence-electron chi connectivity index (χ2n) is 8.69. The first-order valence-corrected chi connectivity index (χ1v) is 12.7. The van der Waals surface area contributed by atoms with Gasteiger partial charge in [0.05, 0.1) is 23.9 Å². The number of halogens is 2. The zero-order valence-corrected chi connectivity index (χ0v) is 18.6. The number of carbonyl (C=O) groups is 1. The molecule has 13 heteroatoms. The number of alkyl halides is 2. The second kappa shape index (κ2) is 8.32. The third kappa shape index (κ3) is 4.29. The van der Waals surface area contributed by atoms with Crippen LogP contribution in [0.1, 0.15) is 39.0 Å². The van der Waals surface area contributed by atoms with Crippen LogP contribution in [0.2, 0.25) is 0 Å². The van der Waals surface area contributed by atoms with Gasteiger partial charge in [0.15, 0.2) is 0 Å². The number of hydrazine groups is 1. The normalized spacial score (nSPS) is 35.9. The Bertz CT molecular complexity index is 769. The first kappa shape index (κ1) is 22.5. The number of fused-ring (bicyclic) bond motifs is 1. The average Bonchev–Trinajstić information content (AvgIpc) is 3.11. The number of sulfonamides is 1. The minimum atomic E-state index is -3.53. The highest BCUT2D eigenvalue weighted by Crippen LogP contribution is 2.42. The Kier molecular flexibility index (Phi) is 6.23. The maximum absolute atomic E-state index is 13.2. The minimum Gasteiger partial charge on any atom is -0.383 e. The van der Waals surface area contributed by atoms with Crippen LogP contribution in [0.15, 0.2) is 0 Å². The van der Waals surface area contributed by atoms with E-state index >= 15 is 0 Å². The molecule has 0 bridgehead atoms. The third-order valence-corrected chi connectivity index (χ3v) is 9.73. The lowest BCUT2D eigenvalue weighted by Gasteiger charge is -2.37. The van der Waals surface area contributed by atoms with Crippen molar-refractivity contribution < 1.29 is 26.7 Å². The Labute approximate surface area is 179 Å². The van der Waals surface area contributed by atoms with Crippen LogP contribution < -0.4 is 15.6 Å². The molecule has 172 valence electrons. The maximum Gasteiger partial charge on any atom is 0.322 e. The number of hydrogen-bond acceptors (Lipinski definition) is 7. The fraction of sp³-hybridized carbons (Fsp3) is 0.941. The number of methoxy groups -OCH3 is 1. The topological polar surface area (TPSA) is 103 Å². The monoisotopic (exact) mass is 469 g/mol. The molecule has 2 aliphatic heterocycles. The summed E-state index contributed by atoms with van der Waals surface area (Å²) in [5, 5.41) is -1.74. The summed E-state index contributed by atoms with van der Waals surface area (Å²) >= 11 is 0.940. The van der Waals surface area contributed by atoms with Crippen molar-refractivity contribution in [1.82, 2.24) is 25.4 Å². The van der Waals surface area contributed by atoms with Gasteiger partial charge in [-0.25, -0.2) is 37.6 Å². The molecule has 2 saturated carbocycles. The molecule has 2 amide bonds. The molecule has 0 aromatic rings. The number of carbonyl (C=O) groups excluding carboxylic acids is 1. The van der Waals surface area contributed by atoms with Crippen LogP contribution in [0, 0.1) is 0 Å². The van der Waals surface area contributed by atoms with Crippen LogP contribution in [-0.2, 0) is 14.8 Å². The Hall–Kier alpha value is -0.730. The molecule has 5 unspecified atom stereocenters. The second-order valence-corrected chi connectivity index (χ2v) is 11.9. The number of rotatable bonds is 8. The summed E-state index contributed by atoms with van der Waals surface area (Å²) in [4.78, 5) is 16.4. The molecule has 4 fully saturated rings. The molecule has 2 saturated heterocycles. The van der Waals surface area contributed by atoms with Crippen molar-refractivity contribution in [3.8, 4) is 0 Å². The van der Waals surface area contributed by atoms with Crippen molar-refractivity contribution in [2.75, 3.05) is 20.3 Å². The molecule has 0 spiro atoms. The van der Waals surface area contributed by atoms with Crippen LogP contribution in [0.5, 0.6) is 0 Å². The number of ether oxygens (including phenoxy) is 1. The lowest BCUT2D eigenvalue weighted by molar-refractivity contribution is 0.127. The van der Waals surface area contributed by atoms with Gasteiger partial charge in [0, 0.05) is 19.2 Å². The molecule has 0 radical (unpaired) electrons. The summed E-state index contributed by atoms with van der Waals surface area (Å²) in [6.45, 7) is 2.63. The summed E-state index contributed by atoms with van der Waals surface area (Å²) in [6, 6.07) is -0.813. The van der Waals surface area contributed by atoms with Crippen LogP contribution in [-0.4, -0.2) is 84.7 Å². The van der Waals surface area contributed by atoms with E-state index in [1.807, 2.05) is 6.92 Å². The van der Waals surface area contributed by atoms with Gasteiger partial charge in [0.2, 0.25) is 10.0 Å². The fourth-order valence-electron chi connectivity index (χ4n) is 4.53. The Morgan fingerprint density at radius 1 is 1.30 bits per heavy atom. The Morgan fingerprint density at radius 2 is 2.03 bits per heavy atom. The number of hydrogen-bond donors (Lipinski definition) is 3. The fourth-order valence-corrected chi connectivity index (χ4v) is 7.53. The van der Waals surface area contributed by atoms with Gasteiger partial charge in [0.1, 0.15) is 10.9 Å². The van der Waals surface area contributed by atoms with E-state index in [1.165, 1.54) is 0 Å². The van der Waals surface area contributed by atoms with E-state index in [1.54, 1.807) is 16.9 Å². The van der Waals surface area contributed by atoms with Crippen molar-refractivity contribution in [3.63, 3.8) is 0 Å². The summed E-state index contributed by atoms with van der Waals surface area (Å²) in [7, 11) is -1.98. The van der Waals surface area contributed by atoms with E-state index in [0.29, 0.717) is 26.0 Å². The molecular formula is C17H29F2N5O4S2. The molecule has 4 rings (SSSR count). The van der Waals surface area contributed by atoms with E-state index in [2.05, 4.69) is 15.6 Å². The summed E-state index contributed by atoms with van der Waals surface area (Å²) in [5.41, 5.74) is 4.27. The van der Waals surface area contributed by atoms with E-state index < -0.39 is 32.6 Å². The molecule has 0 aromatic heterocycles. The van der Waals surface area contributed by atoms with Gasteiger partial charge >= 0.3 is 6.03 Å². The Morgan fingerprint density at radius 3 is 2.63 bits per heavy atom. The number of nitrogens with one attached hydrogen (secondary N) is 3. The third-order valence-electron chi connectivity index (χ3n) is 6.43. The molecule has 9 nitrogen and oxygen atoms in total. The van der Waals surface area contributed by atoms with Gasteiger partial charge in [-0.15, -0.1) is 0 Å². The first-order chi connectivity index (χ1) is 14.1. The van der Waals surface area contributed by atoms with Gasteiger partial charge < -0.3 is 9.64 Å². The highest BCUT2D eigenvalue weighted by molar-refractivity contribution is 8.00. The lowest BCUT2D eigenvalue weighted by Crippen LogP contribution is -2.53. The van der Waals surface area contributed by atoms with E-state index in [9.17, 15) is 22.0 Å². The van der Waals surface area contributed by atoms with Crippen molar-refractivity contribution in [2.45, 2.75) is 79.2 Å². The smallest absolute Gasteiger partial charge is 0.322 e. The molecule has 2 heterocycles. The average molecular weight is 470 g/mol. The molecule has 3 N–H and O–H groups in total. The van der Waals surface area contributed by atoms with E-state index in [0.717, 1.165) is 24.6 Å². The number of amides is 2. The van der Waals surface area contributed by atoms with Gasteiger partial charge in [-0.3, -0.25) is 4.90 Å². The quantitative estimate of drug-likeness (QED) is 0.484. The van der Waals surface area contributed by atoms with Crippen molar-refractivity contribution in [2.24, 2.45) is 0 Å². The molecule has 4 aliphatic rings. The van der Waals surface area contributed by atoms with Gasteiger partial charge in [-0.2, -0.15) is 0 Å². The number of nitrogens with zero attached hydrogens (tertiary/aromatic N) is 2. The zero-order valence-electron chi connectivity index (χ0n) is 17.0. The van der Waals surface area contributed by atoms with Crippen molar-refractivity contribution >= 4 is 27.8 Å². The van der Waals surface area contributed by atoms with E-state index in [-0.39, 0.29) is 30.1 Å². The predicted octanol–water partition coefficient (Wildman–Crippen LogP) is 0.848. The Balaban J connectivity index is 1.54. The maximum atomic E-state index is 13.2. The molecular weight excluding hydrogens is 440 g/mol. The number of urea groups is 1. The van der Waals surface area contributed by atoms with Crippen LogP contribution in [0.4, 0.5) is 13.6 Å². The molecule has 0 aromatic carbocycles. The highest BCUT2D eigenvalue weighted by atomic mass is 32.2. The van der Waals surface area contributed by atoms with Gasteiger partial charge in [-0.1, -0.05) is 11.8 Å². The first-order valence-electron chi connectivity index (χ1n) is 10.2. The van der Waals surface area contributed by atoms with Crippen LogP contribution in [0.3, 0.4) is 0 Å². The largest absolute Gasteiger partial charge is 0.383 e. The molecule has 5 atom stereocenters. The molecule has 2 aliphatic carbocycles. The van der Waals surface area contributed by atoms with Gasteiger partial charge in [-0.05, 0) is 39.0 Å². The highest BCUT2D eigenvalue weighted by Gasteiger charge is 2.54. The van der Waals surface area contributed by atoms with Crippen LogP contribution in [0.25, 0.3) is 0 Å². The molecule has 30 heavy (non-hydrogen) atoms. The SMILES string of the molecule is COCCN1C(=O)N(C2NNC(C(F)F)S2)C2CC(S(=O)(=O)NC3(C)CC3)CCC21. The minimum absolute atomic E-state index is 0.163. The van der Waals surface area contributed by atoms with E-state index in [4.69, 9.17) is 4.74 Å². The van der Waals surface area contributed by atoms with Gasteiger partial charge in [0.25, 0.3) is 6.43 Å². The summed E-state index contributed by atoms with van der Waals surface area (Å²) in [5.74, 6) is 0. The number of thioether (sulfide) groups is 1. The summed E-state index contributed by atoms with van der Waals surface area (Å²) in [6.07, 6.45) is 0.340. The predicted molar refractivity (Wildman–Crippen MR) is 108 cm³/mol. The lowest BCUT2D eigenvalue weighted by atomic mass is 9.90. The van der Waals surface area contributed by atoms with Crippen molar-refractivity contribution in [1.29, 1.82) is 0 Å². The van der Waals surface area contributed by atoms with Crippen molar-refractivity contribution in [3.05, 3.63) is 0 Å². The van der Waals surface area contributed by atoms with Crippen LogP contribution >= 0.6 is 11.8 Å². The zero-order chi connectivity index (χ0) is 21.7.